The quantitative estimate of drug-likeness (QED) is 0.735. The highest BCUT2D eigenvalue weighted by Crippen LogP contribution is 2.32. The molecule has 0 bridgehead atoms. The zero-order chi connectivity index (χ0) is 15.0. The van der Waals surface area contributed by atoms with Gasteiger partial charge in [0.05, 0.1) is 18.3 Å². The summed E-state index contributed by atoms with van der Waals surface area (Å²) in [6.45, 7) is 0. The minimum absolute atomic E-state index is 0.198. The predicted molar refractivity (Wildman–Crippen MR) is 79.0 cm³/mol. The number of carbonyl (C=O) groups excluding carboxylic acids is 1. The molecule has 1 heterocycles. The van der Waals surface area contributed by atoms with Crippen molar-refractivity contribution in [2.24, 2.45) is 0 Å². The number of para-hydroxylation sites is 1. The fourth-order valence-electron chi connectivity index (χ4n) is 2.45. The average Bonchev–Trinajstić information content (AvgIpc) is 2.80. The number of nitrogen functional groups attached to an aromatic ring is 1. The van der Waals surface area contributed by atoms with Crippen LogP contribution < -0.4 is 5.73 Å². The SMILES string of the molecule is COC(=O)c1c(N)c2ccccc2n1-c1cccc(F)c1. The number of aromatic nitrogens is 1. The second-order valence-electron chi connectivity index (χ2n) is 4.59. The Morgan fingerprint density at radius 2 is 1.95 bits per heavy atom. The summed E-state index contributed by atoms with van der Waals surface area (Å²) in [5.74, 6) is -0.951. The van der Waals surface area contributed by atoms with Crippen LogP contribution in [0.2, 0.25) is 0 Å². The van der Waals surface area contributed by atoms with Crippen molar-refractivity contribution in [2.45, 2.75) is 0 Å². The lowest BCUT2D eigenvalue weighted by atomic mass is 10.2. The van der Waals surface area contributed by atoms with Crippen LogP contribution in [0.15, 0.2) is 48.5 Å². The van der Waals surface area contributed by atoms with E-state index in [4.69, 9.17) is 10.5 Å². The Morgan fingerprint density at radius 1 is 1.19 bits per heavy atom. The zero-order valence-electron chi connectivity index (χ0n) is 11.3. The van der Waals surface area contributed by atoms with Crippen molar-refractivity contribution < 1.29 is 13.9 Å². The third-order valence-corrected chi connectivity index (χ3v) is 3.36. The summed E-state index contributed by atoms with van der Waals surface area (Å²) >= 11 is 0. The summed E-state index contributed by atoms with van der Waals surface area (Å²) < 4.78 is 19.9. The number of rotatable bonds is 2. The van der Waals surface area contributed by atoms with Crippen LogP contribution in [-0.2, 0) is 4.74 Å². The van der Waals surface area contributed by atoms with Crippen molar-refractivity contribution in [3.05, 3.63) is 60.0 Å². The number of nitrogens with two attached hydrogens (primary N) is 1. The van der Waals surface area contributed by atoms with E-state index in [0.29, 0.717) is 11.4 Å². The summed E-state index contributed by atoms with van der Waals surface area (Å²) in [6.07, 6.45) is 0. The maximum atomic E-state index is 13.5. The number of carbonyl (C=O) groups is 1. The molecule has 21 heavy (non-hydrogen) atoms. The van der Waals surface area contributed by atoms with Gasteiger partial charge in [0.1, 0.15) is 5.82 Å². The molecule has 2 N–H and O–H groups in total. The van der Waals surface area contributed by atoms with Crippen molar-refractivity contribution in [2.75, 3.05) is 12.8 Å². The van der Waals surface area contributed by atoms with Gasteiger partial charge in [-0.15, -0.1) is 0 Å². The largest absolute Gasteiger partial charge is 0.464 e. The van der Waals surface area contributed by atoms with Crippen molar-refractivity contribution in [3.8, 4) is 5.69 Å². The number of benzene rings is 2. The van der Waals surface area contributed by atoms with Crippen LogP contribution in [-0.4, -0.2) is 17.6 Å². The normalized spacial score (nSPS) is 10.8. The van der Waals surface area contributed by atoms with Gasteiger partial charge in [-0.1, -0.05) is 24.3 Å². The smallest absolute Gasteiger partial charge is 0.357 e. The van der Waals surface area contributed by atoms with E-state index in [1.165, 1.54) is 19.2 Å². The lowest BCUT2D eigenvalue weighted by Gasteiger charge is -2.10. The first kappa shape index (κ1) is 13.2. The molecule has 2 aromatic carbocycles. The number of ether oxygens (including phenoxy) is 1. The van der Waals surface area contributed by atoms with E-state index in [-0.39, 0.29) is 11.5 Å². The third kappa shape index (κ3) is 2.03. The Balaban J connectivity index is 2.42. The molecule has 0 unspecified atom stereocenters. The average molecular weight is 284 g/mol. The van der Waals surface area contributed by atoms with E-state index in [0.717, 1.165) is 10.9 Å². The van der Waals surface area contributed by atoms with E-state index in [1.54, 1.807) is 16.7 Å². The van der Waals surface area contributed by atoms with Crippen LogP contribution in [0.4, 0.5) is 10.1 Å². The molecule has 0 aliphatic carbocycles. The summed E-state index contributed by atoms with van der Waals surface area (Å²) in [5, 5.41) is 0.724. The van der Waals surface area contributed by atoms with Gasteiger partial charge in [0.25, 0.3) is 0 Å². The summed E-state index contributed by atoms with van der Waals surface area (Å²) in [6, 6.07) is 13.3. The second kappa shape index (κ2) is 4.94. The van der Waals surface area contributed by atoms with Gasteiger partial charge < -0.3 is 15.0 Å². The highest BCUT2D eigenvalue weighted by molar-refractivity contribution is 6.07. The Hall–Kier alpha value is -2.82. The number of nitrogens with zero attached hydrogens (tertiary/aromatic N) is 1. The molecular formula is C16H13FN2O2. The Labute approximate surface area is 120 Å². The highest BCUT2D eigenvalue weighted by atomic mass is 19.1. The summed E-state index contributed by atoms with van der Waals surface area (Å²) in [7, 11) is 1.29. The number of hydrogen-bond acceptors (Lipinski definition) is 3. The van der Waals surface area contributed by atoms with Crippen molar-refractivity contribution in [1.82, 2.24) is 4.57 Å². The van der Waals surface area contributed by atoms with Crippen LogP contribution >= 0.6 is 0 Å². The lowest BCUT2D eigenvalue weighted by molar-refractivity contribution is 0.0593. The van der Waals surface area contributed by atoms with E-state index in [9.17, 15) is 9.18 Å². The number of methoxy groups -OCH3 is 1. The maximum absolute atomic E-state index is 13.5. The van der Waals surface area contributed by atoms with Crippen LogP contribution in [0.5, 0.6) is 0 Å². The molecule has 4 nitrogen and oxygen atoms in total. The molecule has 0 fully saturated rings. The second-order valence-corrected chi connectivity index (χ2v) is 4.59. The van der Waals surface area contributed by atoms with Gasteiger partial charge >= 0.3 is 5.97 Å². The lowest BCUT2D eigenvalue weighted by Crippen LogP contribution is -2.11. The van der Waals surface area contributed by atoms with Crippen molar-refractivity contribution in [3.63, 3.8) is 0 Å². The van der Waals surface area contributed by atoms with Gasteiger partial charge in [-0.2, -0.15) is 0 Å². The van der Waals surface area contributed by atoms with Crippen LogP contribution in [0.25, 0.3) is 16.6 Å². The standard InChI is InChI=1S/C16H13FN2O2/c1-21-16(20)15-14(18)12-7-2-3-8-13(12)19(15)11-6-4-5-10(17)9-11/h2-9H,18H2,1H3. The van der Waals surface area contributed by atoms with Gasteiger partial charge in [0.15, 0.2) is 5.69 Å². The van der Waals surface area contributed by atoms with Gasteiger partial charge in [0.2, 0.25) is 0 Å². The predicted octanol–water partition coefficient (Wildman–Crippen LogP) is 3.14. The molecule has 3 aromatic rings. The minimum atomic E-state index is -0.562. The molecule has 0 saturated heterocycles. The Morgan fingerprint density at radius 3 is 2.67 bits per heavy atom. The van der Waals surface area contributed by atoms with Gasteiger partial charge in [0, 0.05) is 11.1 Å². The Kier molecular flexibility index (Phi) is 3.10. The monoisotopic (exact) mass is 284 g/mol. The number of fused-ring (bicyclic) bond motifs is 1. The molecule has 0 atom stereocenters. The fourth-order valence-corrected chi connectivity index (χ4v) is 2.45. The van der Waals surface area contributed by atoms with Crippen molar-refractivity contribution >= 4 is 22.6 Å². The minimum Gasteiger partial charge on any atom is -0.464 e. The molecular weight excluding hydrogens is 271 g/mol. The first-order valence-electron chi connectivity index (χ1n) is 6.36. The fraction of sp³-hybridized carbons (Fsp3) is 0.0625. The van der Waals surface area contributed by atoms with Gasteiger partial charge in [-0.05, 0) is 24.3 Å². The maximum Gasteiger partial charge on any atom is 0.357 e. The molecule has 106 valence electrons. The van der Waals surface area contributed by atoms with E-state index >= 15 is 0 Å². The third-order valence-electron chi connectivity index (χ3n) is 3.36. The van der Waals surface area contributed by atoms with Crippen LogP contribution in [0, 0.1) is 5.82 Å². The highest BCUT2D eigenvalue weighted by Gasteiger charge is 2.22. The van der Waals surface area contributed by atoms with Crippen LogP contribution in [0.3, 0.4) is 0 Å². The van der Waals surface area contributed by atoms with Crippen molar-refractivity contribution in [1.29, 1.82) is 0 Å². The number of hydrogen-bond donors (Lipinski definition) is 1. The molecule has 0 saturated carbocycles. The van der Waals surface area contributed by atoms with Crippen LogP contribution in [0.1, 0.15) is 10.5 Å². The molecule has 0 amide bonds. The first-order chi connectivity index (χ1) is 10.1. The molecule has 0 aliphatic rings. The summed E-state index contributed by atoms with van der Waals surface area (Å²) in [4.78, 5) is 12.1. The Bertz CT molecular complexity index is 839. The van der Waals surface area contributed by atoms with Gasteiger partial charge in [-0.25, -0.2) is 9.18 Å². The molecule has 0 spiro atoms. The van der Waals surface area contributed by atoms with E-state index < -0.39 is 5.97 Å². The molecule has 0 radical (unpaired) electrons. The first-order valence-corrected chi connectivity index (χ1v) is 6.36. The van der Waals surface area contributed by atoms with E-state index in [1.807, 2.05) is 24.3 Å². The number of esters is 1. The number of halogens is 1. The molecule has 5 heteroatoms. The van der Waals surface area contributed by atoms with Gasteiger partial charge in [-0.3, -0.25) is 0 Å². The van der Waals surface area contributed by atoms with E-state index in [2.05, 4.69) is 0 Å². The summed E-state index contributed by atoms with van der Waals surface area (Å²) in [5.41, 5.74) is 7.84. The topological polar surface area (TPSA) is 57.2 Å². The molecule has 0 aliphatic heterocycles. The molecule has 1 aromatic heterocycles. The molecule has 3 rings (SSSR count). The number of anilines is 1. The zero-order valence-corrected chi connectivity index (χ0v) is 11.3.